The van der Waals surface area contributed by atoms with Crippen molar-refractivity contribution in [3.8, 4) is 0 Å². The summed E-state index contributed by atoms with van der Waals surface area (Å²) in [5, 5.41) is 2.57. The summed E-state index contributed by atoms with van der Waals surface area (Å²) in [7, 11) is 0. The molecule has 3 rings (SSSR count). The van der Waals surface area contributed by atoms with Gasteiger partial charge in [-0.1, -0.05) is 59.8 Å². The molecule has 0 radical (unpaired) electrons. The van der Waals surface area contributed by atoms with Crippen molar-refractivity contribution in [2.24, 2.45) is 5.73 Å². The van der Waals surface area contributed by atoms with Crippen molar-refractivity contribution in [2.75, 3.05) is 6.54 Å². The molecule has 3 aromatic rings. The Labute approximate surface area is 130 Å². The fraction of sp³-hybridized carbons (Fsp3) is 0.158. The smallest absolute Gasteiger partial charge is 0.0155 e. The van der Waals surface area contributed by atoms with E-state index in [0.717, 1.165) is 6.42 Å². The molecule has 2 heteroatoms. The Balaban J connectivity index is 1.94. The highest BCUT2D eigenvalue weighted by Gasteiger charge is 2.05. The average molecular weight is 293 g/mol. The molecule has 0 bridgehead atoms. The van der Waals surface area contributed by atoms with Crippen LogP contribution in [0.3, 0.4) is 0 Å². The Morgan fingerprint density at radius 1 is 0.905 bits per heavy atom. The number of aryl methyl sites for hydroxylation is 1. The van der Waals surface area contributed by atoms with Gasteiger partial charge in [-0.15, -0.1) is 0 Å². The summed E-state index contributed by atoms with van der Waals surface area (Å²) < 4.78 is 0. The Morgan fingerprint density at radius 2 is 1.71 bits per heavy atom. The summed E-state index contributed by atoms with van der Waals surface area (Å²) in [4.78, 5) is 2.58. The minimum atomic E-state index is 0.689. The van der Waals surface area contributed by atoms with Crippen molar-refractivity contribution in [3.63, 3.8) is 0 Å². The predicted molar refractivity (Wildman–Crippen MR) is 92.0 cm³/mol. The molecule has 0 aliphatic carbocycles. The lowest BCUT2D eigenvalue weighted by Crippen LogP contribution is -2.03. The van der Waals surface area contributed by atoms with Crippen LogP contribution in [0.2, 0.25) is 0 Å². The molecule has 2 N–H and O–H groups in total. The van der Waals surface area contributed by atoms with Crippen LogP contribution in [0.4, 0.5) is 0 Å². The second kappa shape index (κ2) is 6.33. The monoisotopic (exact) mass is 293 g/mol. The van der Waals surface area contributed by atoms with Gasteiger partial charge in [-0.25, -0.2) is 0 Å². The second-order valence-corrected chi connectivity index (χ2v) is 6.38. The number of rotatable bonds is 4. The van der Waals surface area contributed by atoms with Crippen molar-refractivity contribution in [3.05, 3.63) is 71.8 Å². The number of nitrogens with two attached hydrogens (primary N) is 1. The molecule has 0 spiro atoms. The van der Waals surface area contributed by atoms with Crippen LogP contribution < -0.4 is 5.73 Å². The lowest BCUT2D eigenvalue weighted by Gasteiger charge is -2.10. The Morgan fingerprint density at radius 3 is 2.52 bits per heavy atom. The van der Waals surface area contributed by atoms with Crippen LogP contribution >= 0.6 is 11.8 Å². The normalized spacial score (nSPS) is 11.0. The van der Waals surface area contributed by atoms with E-state index in [4.69, 9.17) is 5.73 Å². The van der Waals surface area contributed by atoms with Crippen LogP contribution in [-0.2, 0) is 6.42 Å². The van der Waals surface area contributed by atoms with Gasteiger partial charge in [0.15, 0.2) is 0 Å². The van der Waals surface area contributed by atoms with E-state index in [9.17, 15) is 0 Å². The molecule has 0 fully saturated rings. The Bertz CT molecular complexity index is 764. The van der Waals surface area contributed by atoms with Gasteiger partial charge in [0.1, 0.15) is 0 Å². The van der Waals surface area contributed by atoms with Crippen LogP contribution in [-0.4, -0.2) is 6.54 Å². The van der Waals surface area contributed by atoms with Crippen molar-refractivity contribution >= 4 is 22.5 Å². The molecule has 0 unspecified atom stereocenters. The predicted octanol–water partition coefficient (Wildman–Crippen LogP) is 4.80. The Kier molecular flexibility index (Phi) is 4.28. The first-order chi connectivity index (χ1) is 10.3. The van der Waals surface area contributed by atoms with Crippen molar-refractivity contribution in [1.29, 1.82) is 0 Å². The molecule has 0 heterocycles. The fourth-order valence-electron chi connectivity index (χ4n) is 2.52. The lowest BCUT2D eigenvalue weighted by atomic mass is 10.1. The summed E-state index contributed by atoms with van der Waals surface area (Å²) in [5.74, 6) is 0. The second-order valence-electron chi connectivity index (χ2n) is 5.26. The SMILES string of the molecule is Cc1ccc(Sc2ccc3ccccc3c2)c(CCN)c1. The van der Waals surface area contributed by atoms with Gasteiger partial charge in [-0.05, 0) is 54.4 Å². The lowest BCUT2D eigenvalue weighted by molar-refractivity contribution is 0.941. The van der Waals surface area contributed by atoms with Gasteiger partial charge in [0.05, 0.1) is 0 Å². The highest BCUT2D eigenvalue weighted by atomic mass is 32.2. The van der Waals surface area contributed by atoms with E-state index in [0.29, 0.717) is 6.54 Å². The molecule has 21 heavy (non-hydrogen) atoms. The summed E-state index contributed by atoms with van der Waals surface area (Å²) in [6.07, 6.45) is 0.928. The minimum Gasteiger partial charge on any atom is -0.330 e. The molecule has 0 aliphatic heterocycles. The van der Waals surface area contributed by atoms with Crippen molar-refractivity contribution in [1.82, 2.24) is 0 Å². The highest BCUT2D eigenvalue weighted by Crippen LogP contribution is 2.33. The molecular formula is C19H19NS. The van der Waals surface area contributed by atoms with Gasteiger partial charge < -0.3 is 5.73 Å². The minimum absolute atomic E-state index is 0.689. The first kappa shape index (κ1) is 14.2. The van der Waals surface area contributed by atoms with Crippen molar-refractivity contribution < 1.29 is 0 Å². The van der Waals surface area contributed by atoms with Gasteiger partial charge >= 0.3 is 0 Å². The third-order valence-electron chi connectivity index (χ3n) is 3.58. The summed E-state index contributed by atoms with van der Waals surface area (Å²) in [6.45, 7) is 2.82. The third kappa shape index (κ3) is 3.29. The molecule has 1 nitrogen and oxygen atoms in total. The largest absolute Gasteiger partial charge is 0.330 e. The van der Waals surface area contributed by atoms with Gasteiger partial charge in [-0.2, -0.15) is 0 Å². The van der Waals surface area contributed by atoms with Crippen LogP contribution in [0, 0.1) is 6.92 Å². The van der Waals surface area contributed by atoms with E-state index in [1.807, 2.05) is 11.8 Å². The zero-order valence-corrected chi connectivity index (χ0v) is 13.0. The number of fused-ring (bicyclic) bond motifs is 1. The molecule has 0 saturated carbocycles. The third-order valence-corrected chi connectivity index (χ3v) is 4.69. The van der Waals surface area contributed by atoms with E-state index >= 15 is 0 Å². The molecular weight excluding hydrogens is 274 g/mol. The van der Waals surface area contributed by atoms with E-state index in [2.05, 4.69) is 67.6 Å². The van der Waals surface area contributed by atoms with Crippen LogP contribution in [0.25, 0.3) is 10.8 Å². The quantitative estimate of drug-likeness (QED) is 0.747. The zero-order valence-electron chi connectivity index (χ0n) is 12.2. The molecule has 0 aliphatic rings. The maximum absolute atomic E-state index is 5.74. The molecule has 106 valence electrons. The number of hydrogen-bond acceptors (Lipinski definition) is 2. The highest BCUT2D eigenvalue weighted by molar-refractivity contribution is 7.99. The van der Waals surface area contributed by atoms with Gasteiger partial charge in [0.25, 0.3) is 0 Å². The number of benzene rings is 3. The van der Waals surface area contributed by atoms with E-state index < -0.39 is 0 Å². The number of hydrogen-bond donors (Lipinski definition) is 1. The molecule has 0 saturated heterocycles. The summed E-state index contributed by atoms with van der Waals surface area (Å²) in [6, 6.07) is 21.7. The first-order valence-corrected chi connectivity index (χ1v) is 8.04. The standard InChI is InChI=1S/C19H19NS/c1-14-6-9-19(17(12-14)10-11-20)21-18-8-7-15-4-2-3-5-16(15)13-18/h2-9,12-13H,10-11,20H2,1H3. The molecule has 0 amide bonds. The van der Waals surface area contributed by atoms with Gasteiger partial charge in [0, 0.05) is 9.79 Å². The van der Waals surface area contributed by atoms with Gasteiger partial charge in [-0.3, -0.25) is 0 Å². The van der Waals surface area contributed by atoms with E-state index in [1.54, 1.807) is 0 Å². The van der Waals surface area contributed by atoms with Crippen molar-refractivity contribution in [2.45, 2.75) is 23.1 Å². The maximum Gasteiger partial charge on any atom is 0.0155 e. The van der Waals surface area contributed by atoms with Crippen LogP contribution in [0.1, 0.15) is 11.1 Å². The topological polar surface area (TPSA) is 26.0 Å². The van der Waals surface area contributed by atoms with Crippen LogP contribution in [0.5, 0.6) is 0 Å². The van der Waals surface area contributed by atoms with E-state index in [1.165, 1.54) is 31.7 Å². The molecule has 0 atom stereocenters. The van der Waals surface area contributed by atoms with E-state index in [-0.39, 0.29) is 0 Å². The summed E-state index contributed by atoms with van der Waals surface area (Å²) >= 11 is 1.82. The fourth-order valence-corrected chi connectivity index (χ4v) is 3.52. The molecule has 0 aromatic heterocycles. The maximum atomic E-state index is 5.74. The zero-order chi connectivity index (χ0) is 14.7. The average Bonchev–Trinajstić information content (AvgIpc) is 2.50. The van der Waals surface area contributed by atoms with Gasteiger partial charge in [0.2, 0.25) is 0 Å². The summed E-state index contributed by atoms with van der Waals surface area (Å²) in [5.41, 5.74) is 8.37. The van der Waals surface area contributed by atoms with Crippen LogP contribution in [0.15, 0.2) is 70.5 Å². The first-order valence-electron chi connectivity index (χ1n) is 7.22. The Hall–Kier alpha value is -1.77. The molecule has 3 aromatic carbocycles.